The molecule has 1 aromatic carbocycles. The third-order valence-corrected chi connectivity index (χ3v) is 3.60. The van der Waals surface area contributed by atoms with Gasteiger partial charge in [0.2, 0.25) is 5.91 Å². The van der Waals surface area contributed by atoms with Crippen LogP contribution in [0, 0.1) is 6.92 Å². The number of hydrogen-bond donors (Lipinski definition) is 4. The van der Waals surface area contributed by atoms with Crippen molar-refractivity contribution in [1.29, 1.82) is 0 Å². The maximum Gasteiger partial charge on any atom is 0.267 e. The molecule has 1 amide bonds. The number of amides is 1. The average Bonchev–Trinajstić information content (AvgIpc) is 2.87. The predicted octanol–water partition coefficient (Wildman–Crippen LogP) is 1.53. The standard InChI is InChI=1S/C17H20N4O3/c1-3-5-12-6-4-7-13(16(12)23)10-18-20-15(22)9-8-14-11(2)19-21-17(14)24/h3-4,6-7,10,23H,1,5,8-9H2,2H3,(H,20,22)(H2,19,21,24). The Morgan fingerprint density at radius 1 is 1.42 bits per heavy atom. The van der Waals surface area contributed by atoms with E-state index in [1.165, 1.54) is 6.21 Å². The van der Waals surface area contributed by atoms with E-state index in [-0.39, 0.29) is 23.6 Å². The van der Waals surface area contributed by atoms with Crippen LogP contribution in [-0.4, -0.2) is 27.4 Å². The minimum atomic E-state index is -0.312. The minimum absolute atomic E-state index is 0.116. The smallest absolute Gasteiger partial charge is 0.267 e. The number of carbonyl (C=O) groups excluding carboxylic acids is 1. The highest BCUT2D eigenvalue weighted by Crippen LogP contribution is 2.21. The summed E-state index contributed by atoms with van der Waals surface area (Å²) in [6, 6.07) is 5.28. The van der Waals surface area contributed by atoms with Gasteiger partial charge >= 0.3 is 0 Å². The Balaban J connectivity index is 1.92. The molecule has 0 atom stereocenters. The molecule has 0 aliphatic heterocycles. The van der Waals surface area contributed by atoms with E-state index < -0.39 is 0 Å². The van der Waals surface area contributed by atoms with Gasteiger partial charge in [-0.1, -0.05) is 18.2 Å². The molecule has 0 spiro atoms. The van der Waals surface area contributed by atoms with Gasteiger partial charge in [-0.3, -0.25) is 14.7 Å². The number of phenols is 1. The van der Waals surface area contributed by atoms with Gasteiger partial charge in [0.05, 0.1) is 6.21 Å². The van der Waals surface area contributed by atoms with Crippen molar-refractivity contribution in [3.63, 3.8) is 0 Å². The highest BCUT2D eigenvalue weighted by Gasteiger charge is 2.09. The SMILES string of the molecule is C=CCc1cccc(C=NNC(=O)CCc2c(C)[nH][nH]c2=O)c1O. The first kappa shape index (κ1) is 17.3. The normalized spacial score (nSPS) is 10.9. The molecule has 0 aliphatic carbocycles. The van der Waals surface area contributed by atoms with E-state index in [9.17, 15) is 14.7 Å². The van der Waals surface area contributed by atoms with Crippen molar-refractivity contribution >= 4 is 12.1 Å². The Morgan fingerprint density at radius 3 is 2.88 bits per heavy atom. The van der Waals surface area contributed by atoms with Crippen LogP contribution in [0.1, 0.15) is 28.8 Å². The highest BCUT2D eigenvalue weighted by molar-refractivity contribution is 5.85. The summed E-state index contributed by atoms with van der Waals surface area (Å²) in [5, 5.41) is 19.1. The van der Waals surface area contributed by atoms with Crippen LogP contribution in [0.2, 0.25) is 0 Å². The summed E-state index contributed by atoms with van der Waals surface area (Å²) in [6.07, 6.45) is 4.09. The van der Waals surface area contributed by atoms with Crippen molar-refractivity contribution < 1.29 is 9.90 Å². The lowest BCUT2D eigenvalue weighted by Crippen LogP contribution is -2.19. The fourth-order valence-corrected chi connectivity index (χ4v) is 2.28. The zero-order valence-corrected chi connectivity index (χ0v) is 13.4. The number of aromatic amines is 2. The van der Waals surface area contributed by atoms with E-state index in [0.717, 1.165) is 11.3 Å². The number of para-hydroxylation sites is 1. The number of hydrogen-bond acceptors (Lipinski definition) is 4. The van der Waals surface area contributed by atoms with Crippen LogP contribution >= 0.6 is 0 Å². The van der Waals surface area contributed by atoms with Crippen LogP contribution in [0.3, 0.4) is 0 Å². The third-order valence-electron chi connectivity index (χ3n) is 3.60. The van der Waals surface area contributed by atoms with E-state index in [1.807, 2.05) is 0 Å². The van der Waals surface area contributed by atoms with Gasteiger partial charge in [0.1, 0.15) is 5.75 Å². The first-order chi connectivity index (χ1) is 11.5. The van der Waals surface area contributed by atoms with Crippen molar-refractivity contribution in [3.8, 4) is 5.75 Å². The van der Waals surface area contributed by atoms with Gasteiger partial charge in [-0.15, -0.1) is 6.58 Å². The molecule has 126 valence electrons. The van der Waals surface area contributed by atoms with E-state index >= 15 is 0 Å². The molecule has 0 radical (unpaired) electrons. The van der Waals surface area contributed by atoms with Crippen LogP contribution in [0.5, 0.6) is 5.75 Å². The third kappa shape index (κ3) is 4.22. The molecule has 4 N–H and O–H groups in total. The molecule has 1 aromatic heterocycles. The monoisotopic (exact) mass is 328 g/mol. The van der Waals surface area contributed by atoms with Crippen LogP contribution in [0.4, 0.5) is 0 Å². The van der Waals surface area contributed by atoms with Crippen LogP contribution in [0.25, 0.3) is 0 Å². The molecular formula is C17H20N4O3. The minimum Gasteiger partial charge on any atom is -0.507 e. The number of benzene rings is 1. The number of nitrogens with one attached hydrogen (secondary N) is 3. The van der Waals surface area contributed by atoms with Crippen molar-refractivity contribution in [2.75, 3.05) is 0 Å². The molecule has 2 aromatic rings. The largest absolute Gasteiger partial charge is 0.507 e. The van der Waals surface area contributed by atoms with E-state index in [4.69, 9.17) is 0 Å². The van der Waals surface area contributed by atoms with Gasteiger partial charge < -0.3 is 10.2 Å². The van der Waals surface area contributed by atoms with Gasteiger partial charge in [-0.05, 0) is 31.4 Å². The fraction of sp³-hybridized carbons (Fsp3) is 0.235. The van der Waals surface area contributed by atoms with Crippen molar-refractivity contribution in [2.45, 2.75) is 26.2 Å². The summed E-state index contributed by atoms with van der Waals surface area (Å²) in [5.41, 5.74) is 4.70. The molecule has 0 fully saturated rings. The number of H-pyrrole nitrogens is 2. The van der Waals surface area contributed by atoms with Crippen molar-refractivity contribution in [1.82, 2.24) is 15.6 Å². The summed E-state index contributed by atoms with van der Waals surface area (Å²) in [5.74, 6) is -0.196. The molecule has 0 unspecified atom stereocenters. The quantitative estimate of drug-likeness (QED) is 0.351. The van der Waals surface area contributed by atoms with Crippen LogP contribution in [0.15, 0.2) is 40.8 Å². The molecular weight excluding hydrogens is 308 g/mol. The van der Waals surface area contributed by atoms with Crippen LogP contribution < -0.4 is 11.0 Å². The Hall–Kier alpha value is -3.09. The zero-order valence-electron chi connectivity index (χ0n) is 13.4. The number of hydrazone groups is 1. The Labute approximate surface area is 139 Å². The van der Waals surface area contributed by atoms with Gasteiger partial charge in [0.25, 0.3) is 5.56 Å². The maximum atomic E-state index is 11.8. The van der Waals surface area contributed by atoms with E-state index in [2.05, 4.69) is 27.3 Å². The number of aryl methyl sites for hydroxylation is 1. The average molecular weight is 328 g/mol. The maximum absolute atomic E-state index is 11.8. The van der Waals surface area contributed by atoms with E-state index in [1.54, 1.807) is 31.2 Å². The predicted molar refractivity (Wildman–Crippen MR) is 92.2 cm³/mol. The van der Waals surface area contributed by atoms with Gasteiger partial charge in [0, 0.05) is 23.2 Å². The molecule has 0 saturated carbocycles. The van der Waals surface area contributed by atoms with Crippen LogP contribution in [-0.2, 0) is 17.6 Å². The summed E-state index contributed by atoms with van der Waals surface area (Å²) >= 11 is 0. The van der Waals surface area contributed by atoms with Gasteiger partial charge in [-0.25, -0.2) is 5.43 Å². The molecule has 0 aliphatic rings. The second kappa shape index (κ2) is 7.96. The fourth-order valence-electron chi connectivity index (χ4n) is 2.28. The van der Waals surface area contributed by atoms with E-state index in [0.29, 0.717) is 24.0 Å². The lowest BCUT2D eigenvalue weighted by atomic mass is 10.1. The second-order valence-corrected chi connectivity index (χ2v) is 5.32. The Bertz CT molecular complexity index is 817. The lowest BCUT2D eigenvalue weighted by molar-refractivity contribution is -0.121. The number of nitrogens with zero attached hydrogens (tertiary/aromatic N) is 1. The van der Waals surface area contributed by atoms with Crippen molar-refractivity contribution in [3.05, 3.63) is 63.6 Å². The number of aromatic nitrogens is 2. The highest BCUT2D eigenvalue weighted by atomic mass is 16.3. The molecule has 1 heterocycles. The summed E-state index contributed by atoms with van der Waals surface area (Å²) in [7, 11) is 0. The summed E-state index contributed by atoms with van der Waals surface area (Å²) in [4.78, 5) is 23.3. The van der Waals surface area contributed by atoms with Gasteiger partial charge in [0.15, 0.2) is 0 Å². The number of aromatic hydroxyl groups is 1. The Morgan fingerprint density at radius 2 is 2.21 bits per heavy atom. The molecule has 7 nitrogen and oxygen atoms in total. The molecule has 7 heteroatoms. The molecule has 2 rings (SSSR count). The number of carbonyl (C=O) groups is 1. The number of phenolic OH excluding ortho intramolecular Hbond substituents is 1. The first-order valence-corrected chi connectivity index (χ1v) is 7.52. The molecule has 24 heavy (non-hydrogen) atoms. The summed E-state index contributed by atoms with van der Waals surface area (Å²) in [6.45, 7) is 5.40. The van der Waals surface area contributed by atoms with Crippen molar-refractivity contribution in [2.24, 2.45) is 5.10 Å². The molecule has 0 bridgehead atoms. The second-order valence-electron chi connectivity index (χ2n) is 5.32. The lowest BCUT2D eigenvalue weighted by Gasteiger charge is -2.04. The number of allylic oxidation sites excluding steroid dienone is 1. The summed E-state index contributed by atoms with van der Waals surface area (Å²) < 4.78 is 0. The zero-order chi connectivity index (χ0) is 17.5. The molecule has 0 saturated heterocycles. The topological polar surface area (TPSA) is 110 Å². The first-order valence-electron chi connectivity index (χ1n) is 7.52. The van der Waals surface area contributed by atoms with Gasteiger partial charge in [-0.2, -0.15) is 5.10 Å². The Kier molecular flexibility index (Phi) is 5.73. The number of rotatable bonds is 7.